The number of carbonyl (C=O) groups excluding carboxylic acids is 1. The molecule has 0 radical (unpaired) electrons. The maximum Gasteiger partial charge on any atom is 0.222 e. The molecule has 0 saturated carbocycles. The van der Waals surface area contributed by atoms with E-state index in [0.29, 0.717) is 5.91 Å². The first kappa shape index (κ1) is 14.1. The fourth-order valence-electron chi connectivity index (χ4n) is 2.73. The topological polar surface area (TPSA) is 20.3 Å². The molecule has 1 heterocycles. The lowest BCUT2D eigenvalue weighted by atomic mass is 10.1. The predicted octanol–water partition coefficient (Wildman–Crippen LogP) is 3.80. The Morgan fingerprint density at radius 1 is 0.947 bits per heavy atom. The molecule has 1 fully saturated rings. The minimum atomic E-state index is 0.376. The molecule has 2 heteroatoms. The quantitative estimate of drug-likeness (QED) is 0.682. The van der Waals surface area contributed by atoms with Gasteiger partial charge in [0.05, 0.1) is 0 Å². The van der Waals surface area contributed by atoms with Gasteiger partial charge in [0.15, 0.2) is 0 Å². The van der Waals surface area contributed by atoms with Crippen LogP contribution in [0.1, 0.15) is 50.5 Å². The van der Waals surface area contributed by atoms with E-state index < -0.39 is 0 Å². The van der Waals surface area contributed by atoms with E-state index in [2.05, 4.69) is 30.3 Å². The van der Waals surface area contributed by atoms with E-state index in [9.17, 15) is 4.79 Å². The van der Waals surface area contributed by atoms with Crippen molar-refractivity contribution in [1.82, 2.24) is 4.90 Å². The zero-order valence-corrected chi connectivity index (χ0v) is 11.8. The summed E-state index contributed by atoms with van der Waals surface area (Å²) in [4.78, 5) is 13.9. The van der Waals surface area contributed by atoms with Crippen LogP contribution in [0.15, 0.2) is 30.3 Å². The fourth-order valence-corrected chi connectivity index (χ4v) is 2.73. The Bertz CT molecular complexity index is 368. The average molecular weight is 259 g/mol. The lowest BCUT2D eigenvalue weighted by molar-refractivity contribution is -0.130. The van der Waals surface area contributed by atoms with Gasteiger partial charge in [-0.25, -0.2) is 0 Å². The fraction of sp³-hybridized carbons (Fsp3) is 0.588. The molecular formula is C17H25NO. The summed E-state index contributed by atoms with van der Waals surface area (Å²) in [6.07, 6.45) is 9.04. The van der Waals surface area contributed by atoms with Crippen LogP contribution in [0.4, 0.5) is 0 Å². The van der Waals surface area contributed by atoms with Crippen molar-refractivity contribution in [1.29, 1.82) is 0 Å². The third kappa shape index (κ3) is 5.06. The van der Waals surface area contributed by atoms with Crippen molar-refractivity contribution in [3.63, 3.8) is 0 Å². The van der Waals surface area contributed by atoms with Crippen molar-refractivity contribution in [2.45, 2.75) is 51.4 Å². The number of benzene rings is 1. The summed E-state index contributed by atoms with van der Waals surface area (Å²) in [7, 11) is 0. The maximum atomic E-state index is 11.8. The number of likely N-dealkylation sites (tertiary alicyclic amines) is 1. The van der Waals surface area contributed by atoms with Crippen LogP contribution in [0.2, 0.25) is 0 Å². The number of hydrogen-bond donors (Lipinski definition) is 0. The van der Waals surface area contributed by atoms with Crippen molar-refractivity contribution >= 4 is 5.91 Å². The van der Waals surface area contributed by atoms with E-state index in [1.807, 2.05) is 4.90 Å². The number of carbonyl (C=O) groups is 1. The highest BCUT2D eigenvalue weighted by Gasteiger charge is 2.16. The molecule has 0 atom stereocenters. The van der Waals surface area contributed by atoms with Crippen LogP contribution in [0.3, 0.4) is 0 Å². The number of hydrogen-bond acceptors (Lipinski definition) is 1. The Hall–Kier alpha value is -1.31. The zero-order chi connectivity index (χ0) is 13.3. The highest BCUT2D eigenvalue weighted by atomic mass is 16.2. The molecule has 0 spiro atoms. The molecule has 104 valence electrons. The number of aryl methyl sites for hydroxylation is 1. The van der Waals surface area contributed by atoms with E-state index in [4.69, 9.17) is 0 Å². The largest absolute Gasteiger partial charge is 0.343 e. The van der Waals surface area contributed by atoms with E-state index in [-0.39, 0.29) is 0 Å². The molecule has 0 N–H and O–H groups in total. The van der Waals surface area contributed by atoms with Crippen molar-refractivity contribution in [2.24, 2.45) is 0 Å². The van der Waals surface area contributed by atoms with Gasteiger partial charge in [-0.1, -0.05) is 43.2 Å². The van der Waals surface area contributed by atoms with Crippen LogP contribution >= 0.6 is 0 Å². The monoisotopic (exact) mass is 259 g/mol. The molecule has 2 nitrogen and oxygen atoms in total. The third-order valence-electron chi connectivity index (χ3n) is 3.91. The van der Waals surface area contributed by atoms with Gasteiger partial charge in [-0.2, -0.15) is 0 Å². The van der Waals surface area contributed by atoms with Crippen molar-refractivity contribution in [3.05, 3.63) is 35.9 Å². The molecule has 1 saturated heterocycles. The minimum Gasteiger partial charge on any atom is -0.343 e. The van der Waals surface area contributed by atoms with E-state index in [1.165, 1.54) is 44.1 Å². The van der Waals surface area contributed by atoms with Gasteiger partial charge in [-0.15, -0.1) is 0 Å². The summed E-state index contributed by atoms with van der Waals surface area (Å²) < 4.78 is 0. The van der Waals surface area contributed by atoms with Crippen LogP contribution in [-0.2, 0) is 11.2 Å². The summed E-state index contributed by atoms with van der Waals surface area (Å²) in [5.41, 5.74) is 1.43. The lowest BCUT2D eigenvalue weighted by Crippen LogP contribution is -2.27. The van der Waals surface area contributed by atoms with Crippen LogP contribution < -0.4 is 0 Å². The van der Waals surface area contributed by atoms with Crippen molar-refractivity contribution < 1.29 is 4.79 Å². The second-order valence-electron chi connectivity index (χ2n) is 5.49. The Balaban J connectivity index is 1.49. The highest BCUT2D eigenvalue weighted by molar-refractivity contribution is 5.76. The van der Waals surface area contributed by atoms with Gasteiger partial charge in [0, 0.05) is 19.5 Å². The molecule has 1 aromatic carbocycles. The average Bonchev–Trinajstić information content (AvgIpc) is 2.98. The van der Waals surface area contributed by atoms with Gasteiger partial charge < -0.3 is 4.90 Å². The van der Waals surface area contributed by atoms with Gasteiger partial charge in [-0.05, 0) is 37.7 Å². The molecule has 1 amide bonds. The summed E-state index contributed by atoms with van der Waals surface area (Å²) in [5.74, 6) is 0.376. The van der Waals surface area contributed by atoms with Crippen LogP contribution in [0.5, 0.6) is 0 Å². The normalized spacial score (nSPS) is 14.8. The second kappa shape index (κ2) is 7.98. The van der Waals surface area contributed by atoms with Gasteiger partial charge >= 0.3 is 0 Å². The second-order valence-corrected chi connectivity index (χ2v) is 5.49. The van der Waals surface area contributed by atoms with Crippen LogP contribution in [0.25, 0.3) is 0 Å². The van der Waals surface area contributed by atoms with Gasteiger partial charge in [0.25, 0.3) is 0 Å². The summed E-state index contributed by atoms with van der Waals surface area (Å²) in [6, 6.07) is 10.6. The van der Waals surface area contributed by atoms with Gasteiger partial charge in [-0.3, -0.25) is 4.79 Å². The Morgan fingerprint density at radius 3 is 2.37 bits per heavy atom. The maximum absolute atomic E-state index is 11.8. The smallest absolute Gasteiger partial charge is 0.222 e. The first-order chi connectivity index (χ1) is 9.36. The molecule has 1 aliphatic heterocycles. The molecule has 19 heavy (non-hydrogen) atoms. The molecular weight excluding hydrogens is 234 g/mol. The Labute approximate surface area is 116 Å². The summed E-state index contributed by atoms with van der Waals surface area (Å²) in [6.45, 7) is 1.99. The van der Waals surface area contributed by atoms with Crippen molar-refractivity contribution in [3.8, 4) is 0 Å². The minimum absolute atomic E-state index is 0.376. The SMILES string of the molecule is O=C(CCCCCCc1ccccc1)N1CCCC1. The van der Waals surface area contributed by atoms with E-state index >= 15 is 0 Å². The van der Waals surface area contributed by atoms with Gasteiger partial charge in [0.2, 0.25) is 5.91 Å². The molecule has 1 aliphatic rings. The van der Waals surface area contributed by atoms with Crippen molar-refractivity contribution in [2.75, 3.05) is 13.1 Å². The standard InChI is InChI=1S/C17H25NO/c19-17(18-14-8-9-15-18)13-7-2-1-4-10-16-11-5-3-6-12-16/h3,5-6,11-12H,1-2,4,7-10,13-15H2. The number of rotatable bonds is 7. The molecule has 0 unspecified atom stereocenters. The first-order valence-corrected chi connectivity index (χ1v) is 7.68. The molecule has 1 aromatic rings. The van der Waals surface area contributed by atoms with E-state index in [0.717, 1.165) is 25.9 Å². The molecule has 2 rings (SSSR count). The van der Waals surface area contributed by atoms with Crippen LogP contribution in [0, 0.1) is 0 Å². The number of amides is 1. The van der Waals surface area contributed by atoms with Gasteiger partial charge in [0.1, 0.15) is 0 Å². The number of unbranched alkanes of at least 4 members (excludes halogenated alkanes) is 3. The molecule has 0 bridgehead atoms. The summed E-state index contributed by atoms with van der Waals surface area (Å²) in [5, 5.41) is 0. The molecule has 0 aromatic heterocycles. The molecule has 0 aliphatic carbocycles. The summed E-state index contributed by atoms with van der Waals surface area (Å²) >= 11 is 0. The lowest BCUT2D eigenvalue weighted by Gasteiger charge is -2.14. The first-order valence-electron chi connectivity index (χ1n) is 7.68. The predicted molar refractivity (Wildman–Crippen MR) is 79.0 cm³/mol. The zero-order valence-electron chi connectivity index (χ0n) is 11.8. The third-order valence-corrected chi connectivity index (χ3v) is 3.91. The van der Waals surface area contributed by atoms with Crippen LogP contribution in [-0.4, -0.2) is 23.9 Å². The van der Waals surface area contributed by atoms with E-state index in [1.54, 1.807) is 0 Å². The Kier molecular flexibility index (Phi) is 5.93. The highest BCUT2D eigenvalue weighted by Crippen LogP contribution is 2.12. The number of nitrogens with zero attached hydrogens (tertiary/aromatic N) is 1. The Morgan fingerprint density at radius 2 is 1.63 bits per heavy atom.